The van der Waals surface area contributed by atoms with Crippen molar-refractivity contribution >= 4 is 34.8 Å². The van der Waals surface area contributed by atoms with E-state index in [-0.39, 0.29) is 16.8 Å². The summed E-state index contributed by atoms with van der Waals surface area (Å²) in [5, 5.41) is 11.8. The van der Waals surface area contributed by atoms with Crippen molar-refractivity contribution in [3.63, 3.8) is 0 Å². The number of benzene rings is 1. The second kappa shape index (κ2) is 5.79. The Hall–Kier alpha value is -1.96. The molecule has 1 aromatic carbocycles. The molecule has 4 nitrogen and oxygen atoms in total. The minimum atomic E-state index is -0.332. The van der Waals surface area contributed by atoms with Crippen LogP contribution in [-0.4, -0.2) is 10.9 Å². The van der Waals surface area contributed by atoms with Gasteiger partial charge in [0, 0.05) is 5.69 Å². The number of hydrogen-bond donors (Lipinski definition) is 2. The summed E-state index contributed by atoms with van der Waals surface area (Å²) in [5.41, 5.74) is 1.82. The lowest BCUT2D eigenvalue weighted by Gasteiger charge is -2.04. The number of anilines is 1. The molecule has 2 aromatic rings. The van der Waals surface area contributed by atoms with Crippen LogP contribution < -0.4 is 5.32 Å². The number of aromatic nitrogens is 1. The molecule has 0 aliphatic rings. The van der Waals surface area contributed by atoms with Crippen LogP contribution in [0.25, 0.3) is 0 Å². The third-order valence-corrected chi connectivity index (χ3v) is 3.16. The van der Waals surface area contributed by atoms with Crippen molar-refractivity contribution in [3.8, 4) is 6.07 Å². The molecule has 0 atom stereocenters. The number of nitrogens with one attached hydrogen (secondary N) is 2. The number of aromatic amines is 1. The maximum atomic E-state index is 11.9. The Morgan fingerprint density at radius 2 is 2.00 bits per heavy atom. The number of nitriles is 1. The molecule has 0 bridgehead atoms. The van der Waals surface area contributed by atoms with E-state index in [1.54, 1.807) is 24.3 Å². The van der Waals surface area contributed by atoms with Gasteiger partial charge in [0.2, 0.25) is 0 Å². The number of hydrogen-bond acceptors (Lipinski definition) is 2. The minimum absolute atomic E-state index is 0.233. The van der Waals surface area contributed by atoms with Gasteiger partial charge in [-0.3, -0.25) is 4.79 Å². The van der Waals surface area contributed by atoms with E-state index in [2.05, 4.69) is 16.4 Å². The molecule has 2 N–H and O–H groups in total. The van der Waals surface area contributed by atoms with E-state index in [1.807, 2.05) is 0 Å². The summed E-state index contributed by atoms with van der Waals surface area (Å²) in [7, 11) is 0. The van der Waals surface area contributed by atoms with Crippen LogP contribution in [-0.2, 0) is 6.42 Å². The summed E-state index contributed by atoms with van der Waals surface area (Å²) in [5.74, 6) is -0.332. The zero-order chi connectivity index (χ0) is 13.8. The third-order valence-electron chi connectivity index (χ3n) is 2.46. The van der Waals surface area contributed by atoms with Gasteiger partial charge in [-0.2, -0.15) is 5.26 Å². The lowest BCUT2D eigenvalue weighted by atomic mass is 10.1. The Balaban J connectivity index is 2.08. The molecule has 2 rings (SSSR count). The number of amides is 1. The molecule has 0 aliphatic carbocycles. The zero-order valence-electron chi connectivity index (χ0n) is 9.71. The first-order valence-corrected chi connectivity index (χ1v) is 6.17. The number of nitrogens with zero attached hydrogens (tertiary/aromatic N) is 1. The quantitative estimate of drug-likeness (QED) is 0.907. The minimum Gasteiger partial charge on any atom is -0.340 e. The molecule has 1 amide bonds. The van der Waals surface area contributed by atoms with Crippen LogP contribution in [0.5, 0.6) is 0 Å². The van der Waals surface area contributed by atoms with Gasteiger partial charge in [0.25, 0.3) is 5.91 Å². The normalized spacial score (nSPS) is 9.95. The van der Waals surface area contributed by atoms with Gasteiger partial charge in [-0.15, -0.1) is 0 Å². The Labute approximate surface area is 120 Å². The maximum Gasteiger partial charge on any atom is 0.272 e. The second-order valence-electron chi connectivity index (χ2n) is 3.83. The van der Waals surface area contributed by atoms with E-state index < -0.39 is 0 Å². The monoisotopic (exact) mass is 293 g/mol. The summed E-state index contributed by atoms with van der Waals surface area (Å²) in [4.78, 5) is 14.6. The molecular weight excluding hydrogens is 285 g/mol. The average Bonchev–Trinajstić information content (AvgIpc) is 2.72. The van der Waals surface area contributed by atoms with E-state index in [9.17, 15) is 4.79 Å². The molecule has 0 saturated heterocycles. The summed E-state index contributed by atoms with van der Waals surface area (Å²) >= 11 is 11.5. The molecule has 96 valence electrons. The molecule has 0 aliphatic heterocycles. The van der Waals surface area contributed by atoms with Gasteiger partial charge in [0.05, 0.1) is 17.5 Å². The molecule has 0 unspecified atom stereocenters. The fraction of sp³-hybridized carbons (Fsp3) is 0.0769. The van der Waals surface area contributed by atoms with Crippen molar-refractivity contribution in [2.24, 2.45) is 0 Å². The van der Waals surface area contributed by atoms with Gasteiger partial charge in [0.1, 0.15) is 10.8 Å². The number of rotatable bonds is 3. The molecule has 6 heteroatoms. The lowest BCUT2D eigenvalue weighted by Crippen LogP contribution is -2.12. The van der Waals surface area contributed by atoms with Crippen LogP contribution in [0.2, 0.25) is 10.2 Å². The van der Waals surface area contributed by atoms with Crippen LogP contribution in [0, 0.1) is 11.3 Å². The number of halogens is 2. The van der Waals surface area contributed by atoms with E-state index in [4.69, 9.17) is 28.5 Å². The summed E-state index contributed by atoms with van der Waals surface area (Å²) in [6, 6.07) is 10.6. The maximum absolute atomic E-state index is 11.9. The van der Waals surface area contributed by atoms with Crippen LogP contribution in [0.3, 0.4) is 0 Å². The van der Waals surface area contributed by atoms with Gasteiger partial charge in [-0.05, 0) is 23.8 Å². The van der Waals surface area contributed by atoms with Gasteiger partial charge in [0.15, 0.2) is 0 Å². The fourth-order valence-electron chi connectivity index (χ4n) is 1.52. The smallest absolute Gasteiger partial charge is 0.272 e. The van der Waals surface area contributed by atoms with Crippen molar-refractivity contribution in [1.82, 2.24) is 4.98 Å². The van der Waals surface area contributed by atoms with Crippen LogP contribution in [0.1, 0.15) is 16.1 Å². The molecule has 19 heavy (non-hydrogen) atoms. The van der Waals surface area contributed by atoms with Crippen molar-refractivity contribution in [1.29, 1.82) is 5.26 Å². The van der Waals surface area contributed by atoms with E-state index >= 15 is 0 Å². The highest BCUT2D eigenvalue weighted by molar-refractivity contribution is 6.41. The Morgan fingerprint density at radius 3 is 2.53 bits per heavy atom. The predicted octanol–water partition coefficient (Wildman–Crippen LogP) is 3.64. The fourth-order valence-corrected chi connectivity index (χ4v) is 1.83. The number of carbonyl (C=O) groups excluding carboxylic acids is 1. The van der Waals surface area contributed by atoms with E-state index in [1.165, 1.54) is 6.07 Å². The molecule has 1 heterocycles. The van der Waals surface area contributed by atoms with Crippen LogP contribution >= 0.6 is 23.2 Å². The van der Waals surface area contributed by atoms with Gasteiger partial charge >= 0.3 is 0 Å². The second-order valence-corrected chi connectivity index (χ2v) is 4.62. The van der Waals surface area contributed by atoms with Crippen molar-refractivity contribution in [2.45, 2.75) is 6.42 Å². The zero-order valence-corrected chi connectivity index (χ0v) is 11.2. The molecule has 0 saturated carbocycles. The standard InChI is InChI=1S/C13H9Cl2N3O/c14-10-7-11(18-12(10)15)13(19)17-9-3-1-8(2-4-9)5-6-16/h1-4,7,18H,5H2,(H,17,19). The number of carbonyl (C=O) groups is 1. The highest BCUT2D eigenvalue weighted by Crippen LogP contribution is 2.22. The van der Waals surface area contributed by atoms with Crippen molar-refractivity contribution in [3.05, 3.63) is 51.8 Å². The Kier molecular flexibility index (Phi) is 4.10. The first kappa shape index (κ1) is 13.5. The first-order chi connectivity index (χ1) is 9.10. The molecule has 0 fully saturated rings. The van der Waals surface area contributed by atoms with Gasteiger partial charge in [-0.1, -0.05) is 35.3 Å². The third kappa shape index (κ3) is 3.28. The van der Waals surface area contributed by atoms with Crippen molar-refractivity contribution in [2.75, 3.05) is 5.32 Å². The SMILES string of the molecule is N#CCc1ccc(NC(=O)c2cc(Cl)c(Cl)[nH]2)cc1. The topological polar surface area (TPSA) is 68.7 Å². The largest absolute Gasteiger partial charge is 0.340 e. The summed E-state index contributed by atoms with van der Waals surface area (Å²) < 4.78 is 0. The predicted molar refractivity (Wildman–Crippen MR) is 74.5 cm³/mol. The van der Waals surface area contributed by atoms with Gasteiger partial charge in [-0.25, -0.2) is 0 Å². The summed E-state index contributed by atoms with van der Waals surface area (Å²) in [6.07, 6.45) is 0.343. The van der Waals surface area contributed by atoms with Crippen LogP contribution in [0.15, 0.2) is 30.3 Å². The highest BCUT2D eigenvalue weighted by atomic mass is 35.5. The lowest BCUT2D eigenvalue weighted by molar-refractivity contribution is 0.102. The Bertz CT molecular complexity index is 621. The Morgan fingerprint density at radius 1 is 1.32 bits per heavy atom. The molecule has 1 aromatic heterocycles. The van der Waals surface area contributed by atoms with E-state index in [0.717, 1.165) is 5.56 Å². The summed E-state index contributed by atoms with van der Waals surface area (Å²) in [6.45, 7) is 0. The van der Waals surface area contributed by atoms with Crippen molar-refractivity contribution < 1.29 is 4.79 Å². The average molecular weight is 294 g/mol. The first-order valence-electron chi connectivity index (χ1n) is 5.41. The molecule has 0 radical (unpaired) electrons. The van der Waals surface area contributed by atoms with E-state index in [0.29, 0.717) is 17.1 Å². The number of H-pyrrole nitrogens is 1. The highest BCUT2D eigenvalue weighted by Gasteiger charge is 2.11. The van der Waals surface area contributed by atoms with Crippen LogP contribution in [0.4, 0.5) is 5.69 Å². The molecular formula is C13H9Cl2N3O. The molecule has 0 spiro atoms. The van der Waals surface area contributed by atoms with Gasteiger partial charge < -0.3 is 10.3 Å².